The molecule has 0 radical (unpaired) electrons. The minimum absolute atomic E-state index is 0. The third kappa shape index (κ3) is 5.34. The number of hydrogen-bond acceptors (Lipinski definition) is 4. The molecule has 2 aliphatic rings. The van der Waals surface area contributed by atoms with Crippen LogP contribution in [0.5, 0.6) is 0 Å². The summed E-state index contributed by atoms with van der Waals surface area (Å²) in [7, 11) is -1.78. The topological polar surface area (TPSA) is 103 Å². The molecule has 32 heavy (non-hydrogen) atoms. The van der Waals surface area contributed by atoms with Gasteiger partial charge >= 0.3 is 0 Å². The Morgan fingerprint density at radius 3 is 2.72 bits per heavy atom. The molecule has 4 rings (SSSR count). The molecule has 2 aromatic rings. The molecule has 0 fully saturated rings. The van der Waals surface area contributed by atoms with Crippen molar-refractivity contribution in [2.45, 2.75) is 18.8 Å². The predicted octanol–water partition coefficient (Wildman–Crippen LogP) is 2.29. The van der Waals surface area contributed by atoms with Crippen molar-refractivity contribution in [3.8, 4) is 0 Å². The molecule has 0 saturated heterocycles. The molecule has 172 valence electrons. The van der Waals surface area contributed by atoms with Crippen LogP contribution in [0.25, 0.3) is 0 Å². The maximum atomic E-state index is 12.8. The van der Waals surface area contributed by atoms with Gasteiger partial charge in [-0.15, -0.1) is 24.0 Å². The molecule has 0 aliphatic carbocycles. The van der Waals surface area contributed by atoms with Gasteiger partial charge in [0.2, 0.25) is 15.9 Å². The van der Waals surface area contributed by atoms with Crippen LogP contribution in [0.15, 0.2) is 53.5 Å². The summed E-state index contributed by atoms with van der Waals surface area (Å²) in [6.07, 6.45) is 1.13. The zero-order valence-electron chi connectivity index (χ0n) is 17.9. The predicted molar refractivity (Wildman–Crippen MR) is 138 cm³/mol. The summed E-state index contributed by atoms with van der Waals surface area (Å²) in [4.78, 5) is 16.2. The van der Waals surface area contributed by atoms with Crippen molar-refractivity contribution in [2.75, 3.05) is 42.1 Å². The number of anilines is 2. The Morgan fingerprint density at radius 2 is 1.91 bits per heavy atom. The molecule has 1 unspecified atom stereocenters. The summed E-state index contributed by atoms with van der Waals surface area (Å²) < 4.78 is 27.1. The average Bonchev–Trinajstić information content (AvgIpc) is 3.21. The van der Waals surface area contributed by atoms with Crippen LogP contribution in [0, 0.1) is 0 Å². The Hall–Kier alpha value is -2.34. The summed E-state index contributed by atoms with van der Waals surface area (Å²) in [5.41, 5.74) is 3.76. The fourth-order valence-corrected chi connectivity index (χ4v) is 5.56. The van der Waals surface area contributed by atoms with Gasteiger partial charge in [-0.25, -0.2) is 8.42 Å². The van der Waals surface area contributed by atoms with Gasteiger partial charge in [0.05, 0.1) is 11.4 Å². The Morgan fingerprint density at radius 1 is 1.16 bits per heavy atom. The van der Waals surface area contributed by atoms with E-state index in [-0.39, 0.29) is 48.1 Å². The third-order valence-electron chi connectivity index (χ3n) is 5.68. The van der Waals surface area contributed by atoms with E-state index in [1.165, 1.54) is 4.31 Å². The molecule has 1 atom stereocenters. The fourth-order valence-electron chi connectivity index (χ4n) is 4.13. The number of nitrogens with one attached hydrogen (secondary N) is 3. The summed E-state index contributed by atoms with van der Waals surface area (Å²) in [6, 6.07) is 15.4. The number of rotatable bonds is 6. The smallest absolute Gasteiger partial charge is 0.236 e. The van der Waals surface area contributed by atoms with Gasteiger partial charge in [0.1, 0.15) is 0 Å². The molecule has 0 saturated carbocycles. The second-order valence-electron chi connectivity index (χ2n) is 7.68. The quantitative estimate of drug-likeness (QED) is 0.282. The number of aliphatic imine (C=N–C) groups is 1. The highest BCUT2D eigenvalue weighted by atomic mass is 127. The summed E-state index contributed by atoms with van der Waals surface area (Å²) in [5.74, 6) is 0.496. The van der Waals surface area contributed by atoms with Gasteiger partial charge in [-0.2, -0.15) is 0 Å². The highest BCUT2D eigenvalue weighted by molar-refractivity contribution is 14.0. The van der Waals surface area contributed by atoms with E-state index in [4.69, 9.17) is 0 Å². The molecule has 10 heteroatoms. The van der Waals surface area contributed by atoms with E-state index < -0.39 is 10.0 Å². The van der Waals surface area contributed by atoms with Crippen molar-refractivity contribution < 1.29 is 13.2 Å². The Labute approximate surface area is 205 Å². The Bertz CT molecular complexity index is 1110. The van der Waals surface area contributed by atoms with Gasteiger partial charge < -0.3 is 16.0 Å². The minimum atomic E-state index is -3.42. The van der Waals surface area contributed by atoms with Crippen molar-refractivity contribution in [1.29, 1.82) is 0 Å². The van der Waals surface area contributed by atoms with Gasteiger partial charge in [-0.1, -0.05) is 36.4 Å². The lowest BCUT2D eigenvalue weighted by molar-refractivity contribution is -0.116. The number of para-hydroxylation sites is 2. The van der Waals surface area contributed by atoms with Crippen LogP contribution in [-0.4, -0.2) is 52.7 Å². The maximum absolute atomic E-state index is 12.8. The number of hydrogen-bond donors (Lipinski definition) is 3. The molecule has 8 nitrogen and oxygen atoms in total. The van der Waals surface area contributed by atoms with Crippen LogP contribution < -0.4 is 20.3 Å². The molecular formula is C22H28IN5O3S. The molecule has 1 amide bonds. The number of benzene rings is 2. The van der Waals surface area contributed by atoms with Crippen LogP contribution in [0.3, 0.4) is 0 Å². The first kappa shape index (κ1) is 24.3. The molecule has 2 aliphatic heterocycles. The van der Waals surface area contributed by atoms with Gasteiger partial charge in [-0.05, 0) is 29.7 Å². The van der Waals surface area contributed by atoms with Gasteiger partial charge in [0.15, 0.2) is 5.96 Å². The lowest BCUT2D eigenvalue weighted by Crippen LogP contribution is -2.43. The normalized spacial score (nSPS) is 17.7. The highest BCUT2D eigenvalue weighted by Crippen LogP contribution is 2.31. The van der Waals surface area contributed by atoms with E-state index in [0.717, 1.165) is 28.9 Å². The SMILES string of the molecule is CN=C(NCCS(=O)(=O)N1CCc2ccccc21)NCC1CC(=O)Nc2ccccc21.I. The van der Waals surface area contributed by atoms with E-state index in [9.17, 15) is 13.2 Å². The standard InChI is InChI=1S/C22H27N5O3S.HI/c1-23-22(25-15-17-14-21(28)26-19-8-4-3-7-18(17)19)24-11-13-31(29,30)27-12-10-16-6-2-5-9-20(16)27;/h2-9,17H,10-15H2,1H3,(H,26,28)(H2,23,24,25);1H. The molecule has 0 spiro atoms. The molecule has 0 aromatic heterocycles. The van der Waals surface area contributed by atoms with E-state index in [1.54, 1.807) is 7.05 Å². The van der Waals surface area contributed by atoms with E-state index in [1.807, 2.05) is 48.5 Å². The number of sulfonamides is 1. The van der Waals surface area contributed by atoms with Crippen LogP contribution in [0.2, 0.25) is 0 Å². The molecule has 2 heterocycles. The number of nitrogens with zero attached hydrogens (tertiary/aromatic N) is 2. The third-order valence-corrected chi connectivity index (χ3v) is 7.45. The lowest BCUT2D eigenvalue weighted by atomic mass is 9.90. The van der Waals surface area contributed by atoms with Crippen molar-refractivity contribution in [2.24, 2.45) is 4.99 Å². The molecular weight excluding hydrogens is 541 g/mol. The first-order valence-corrected chi connectivity index (χ1v) is 12.0. The second-order valence-corrected chi connectivity index (χ2v) is 9.70. The number of fused-ring (bicyclic) bond motifs is 2. The number of halogens is 1. The van der Waals surface area contributed by atoms with Gasteiger partial charge in [0, 0.05) is 44.7 Å². The fraction of sp³-hybridized carbons (Fsp3) is 0.364. The molecule has 2 aromatic carbocycles. The first-order valence-electron chi connectivity index (χ1n) is 10.4. The summed E-state index contributed by atoms with van der Waals surface area (Å²) >= 11 is 0. The first-order chi connectivity index (χ1) is 15.0. The van der Waals surface area contributed by atoms with Crippen molar-refractivity contribution in [1.82, 2.24) is 10.6 Å². The van der Waals surface area contributed by atoms with Crippen LogP contribution in [0.1, 0.15) is 23.5 Å². The number of carbonyl (C=O) groups is 1. The zero-order valence-corrected chi connectivity index (χ0v) is 21.0. The second kappa shape index (κ2) is 10.5. The lowest BCUT2D eigenvalue weighted by Gasteiger charge is -2.26. The monoisotopic (exact) mass is 569 g/mol. The van der Waals surface area contributed by atoms with E-state index in [2.05, 4.69) is 20.9 Å². The average molecular weight is 569 g/mol. The summed E-state index contributed by atoms with van der Waals surface area (Å²) in [6.45, 7) is 1.25. The Balaban J connectivity index is 0.00000289. The van der Waals surface area contributed by atoms with Crippen LogP contribution >= 0.6 is 24.0 Å². The maximum Gasteiger partial charge on any atom is 0.236 e. The van der Waals surface area contributed by atoms with E-state index in [0.29, 0.717) is 25.5 Å². The van der Waals surface area contributed by atoms with Gasteiger partial charge in [-0.3, -0.25) is 14.1 Å². The van der Waals surface area contributed by atoms with Crippen LogP contribution in [0.4, 0.5) is 11.4 Å². The minimum Gasteiger partial charge on any atom is -0.356 e. The molecule has 3 N–H and O–H groups in total. The van der Waals surface area contributed by atoms with Crippen molar-refractivity contribution >= 4 is 57.2 Å². The number of guanidine groups is 1. The summed E-state index contributed by atoms with van der Waals surface area (Å²) in [5, 5.41) is 9.19. The largest absolute Gasteiger partial charge is 0.356 e. The highest BCUT2D eigenvalue weighted by Gasteiger charge is 2.29. The number of amides is 1. The zero-order chi connectivity index (χ0) is 21.8. The van der Waals surface area contributed by atoms with Crippen molar-refractivity contribution in [3.05, 3.63) is 59.7 Å². The van der Waals surface area contributed by atoms with Gasteiger partial charge in [0.25, 0.3) is 0 Å². The Kier molecular flexibility index (Phi) is 7.99. The van der Waals surface area contributed by atoms with Crippen molar-refractivity contribution in [3.63, 3.8) is 0 Å². The molecule has 0 bridgehead atoms. The number of carbonyl (C=O) groups excluding carboxylic acids is 1. The van der Waals surface area contributed by atoms with Crippen LogP contribution in [-0.2, 0) is 21.2 Å². The van der Waals surface area contributed by atoms with E-state index >= 15 is 0 Å².